The summed E-state index contributed by atoms with van der Waals surface area (Å²) in [6, 6.07) is 8.28. The largest absolute Gasteiger partial charge is 0.496 e. The molecule has 0 radical (unpaired) electrons. The van der Waals surface area contributed by atoms with E-state index in [1.165, 1.54) is 11.1 Å². The molecule has 1 N–H and O–H groups in total. The summed E-state index contributed by atoms with van der Waals surface area (Å²) < 4.78 is 10.7. The molecule has 0 aliphatic carbocycles. The minimum absolute atomic E-state index is 0.117. The van der Waals surface area contributed by atoms with Crippen LogP contribution in [0.15, 0.2) is 34.9 Å². The van der Waals surface area contributed by atoms with Gasteiger partial charge in [0.25, 0.3) is 0 Å². The average Bonchev–Trinajstić information content (AvgIpc) is 2.90. The lowest BCUT2D eigenvalue weighted by atomic mass is 9.98. The quantitative estimate of drug-likeness (QED) is 0.816. The number of halogens is 1. The minimum Gasteiger partial charge on any atom is -0.496 e. The molecule has 1 unspecified atom stereocenters. The van der Waals surface area contributed by atoms with E-state index in [0.717, 1.165) is 30.7 Å². The van der Waals surface area contributed by atoms with Crippen LogP contribution in [-0.2, 0) is 6.42 Å². The van der Waals surface area contributed by atoms with Crippen molar-refractivity contribution in [3.05, 3.63) is 52.4 Å². The molecule has 0 saturated carbocycles. The molecule has 0 aliphatic heterocycles. The molecule has 21 heavy (non-hydrogen) atoms. The maximum atomic E-state index is 6.15. The highest BCUT2D eigenvalue weighted by Crippen LogP contribution is 2.30. The highest BCUT2D eigenvalue weighted by atomic mass is 35.5. The Morgan fingerprint density at radius 1 is 1.33 bits per heavy atom. The van der Waals surface area contributed by atoms with Crippen LogP contribution in [0.1, 0.15) is 36.1 Å². The van der Waals surface area contributed by atoms with Gasteiger partial charge in [0.1, 0.15) is 5.75 Å². The van der Waals surface area contributed by atoms with Gasteiger partial charge in [-0.3, -0.25) is 0 Å². The number of nitrogens with one attached hydrogen (secondary N) is 1. The van der Waals surface area contributed by atoms with E-state index in [2.05, 4.69) is 31.3 Å². The van der Waals surface area contributed by atoms with Crippen molar-refractivity contribution in [1.82, 2.24) is 5.32 Å². The molecule has 0 fully saturated rings. The van der Waals surface area contributed by atoms with Crippen LogP contribution in [0.3, 0.4) is 0 Å². The summed E-state index contributed by atoms with van der Waals surface area (Å²) in [4.78, 5) is 0. The van der Waals surface area contributed by atoms with E-state index in [4.69, 9.17) is 20.8 Å². The number of furan rings is 1. The fourth-order valence-electron chi connectivity index (χ4n) is 2.45. The van der Waals surface area contributed by atoms with Crippen LogP contribution < -0.4 is 10.1 Å². The van der Waals surface area contributed by atoms with Crippen molar-refractivity contribution in [2.45, 2.75) is 32.7 Å². The summed E-state index contributed by atoms with van der Waals surface area (Å²) in [5.74, 6) is 0.906. The van der Waals surface area contributed by atoms with Crippen LogP contribution in [-0.4, -0.2) is 13.7 Å². The smallest absolute Gasteiger partial charge is 0.197 e. The van der Waals surface area contributed by atoms with Gasteiger partial charge in [0, 0.05) is 11.6 Å². The van der Waals surface area contributed by atoms with Gasteiger partial charge < -0.3 is 14.5 Å². The maximum Gasteiger partial charge on any atom is 0.197 e. The Labute approximate surface area is 131 Å². The van der Waals surface area contributed by atoms with Crippen molar-refractivity contribution in [1.29, 1.82) is 0 Å². The van der Waals surface area contributed by atoms with Gasteiger partial charge in [0.2, 0.25) is 0 Å². The molecular formula is C17H22ClNO2. The number of rotatable bonds is 7. The molecular weight excluding hydrogens is 286 g/mol. The Balaban J connectivity index is 2.26. The van der Waals surface area contributed by atoms with Gasteiger partial charge in [-0.05, 0) is 55.6 Å². The molecule has 1 aromatic carbocycles. The number of methoxy groups -OCH3 is 1. The van der Waals surface area contributed by atoms with Crippen LogP contribution in [0.4, 0.5) is 0 Å². The number of aryl methyl sites for hydroxylation is 1. The number of benzene rings is 1. The maximum absolute atomic E-state index is 6.15. The Morgan fingerprint density at radius 3 is 2.76 bits per heavy atom. The highest BCUT2D eigenvalue weighted by Gasteiger charge is 2.18. The molecule has 1 atom stereocenters. The standard InChI is InChI=1S/C17H22ClNO2/c1-4-8-19-15(14-7-9-21-17(14)18)11-13-10-12(2)5-6-16(13)20-3/h5-7,9-10,15,19H,4,8,11H2,1-3H3. The Hall–Kier alpha value is -1.45. The third kappa shape index (κ3) is 4.02. The normalized spacial score (nSPS) is 12.4. The second-order valence-corrected chi connectivity index (χ2v) is 5.52. The van der Waals surface area contributed by atoms with Crippen molar-refractivity contribution < 1.29 is 9.15 Å². The molecule has 114 valence electrons. The predicted molar refractivity (Wildman–Crippen MR) is 86.2 cm³/mol. The number of ether oxygens (including phenoxy) is 1. The van der Waals surface area contributed by atoms with Crippen LogP contribution in [0.25, 0.3) is 0 Å². The van der Waals surface area contributed by atoms with E-state index < -0.39 is 0 Å². The average molecular weight is 308 g/mol. The molecule has 0 amide bonds. The third-order valence-corrected chi connectivity index (χ3v) is 3.83. The molecule has 1 aromatic heterocycles. The Bertz CT molecular complexity index is 580. The van der Waals surface area contributed by atoms with Crippen LogP contribution in [0, 0.1) is 6.92 Å². The van der Waals surface area contributed by atoms with Gasteiger partial charge in [-0.2, -0.15) is 0 Å². The first-order chi connectivity index (χ1) is 10.2. The van der Waals surface area contributed by atoms with E-state index in [0.29, 0.717) is 5.22 Å². The Kier molecular flexibility index (Phi) is 5.71. The molecule has 4 heteroatoms. The zero-order valence-electron chi connectivity index (χ0n) is 12.8. The van der Waals surface area contributed by atoms with E-state index in [9.17, 15) is 0 Å². The molecule has 2 aromatic rings. The first-order valence-corrected chi connectivity index (χ1v) is 7.63. The van der Waals surface area contributed by atoms with Gasteiger partial charge >= 0.3 is 0 Å². The first kappa shape index (κ1) is 15.9. The molecule has 0 spiro atoms. The molecule has 1 heterocycles. The van der Waals surface area contributed by atoms with Crippen molar-refractivity contribution in [3.8, 4) is 5.75 Å². The third-order valence-electron chi connectivity index (χ3n) is 3.52. The topological polar surface area (TPSA) is 34.4 Å². The summed E-state index contributed by atoms with van der Waals surface area (Å²) in [5, 5.41) is 3.99. The van der Waals surface area contributed by atoms with Gasteiger partial charge in [0.15, 0.2) is 5.22 Å². The van der Waals surface area contributed by atoms with Crippen LogP contribution in [0.2, 0.25) is 5.22 Å². The molecule has 0 aliphatic rings. The lowest BCUT2D eigenvalue weighted by molar-refractivity contribution is 0.405. The Morgan fingerprint density at radius 2 is 2.14 bits per heavy atom. The first-order valence-electron chi connectivity index (χ1n) is 7.25. The number of hydrogen-bond donors (Lipinski definition) is 1. The van der Waals surface area contributed by atoms with Crippen molar-refractivity contribution in [2.75, 3.05) is 13.7 Å². The SMILES string of the molecule is CCCNC(Cc1cc(C)ccc1OC)c1ccoc1Cl. The lowest BCUT2D eigenvalue weighted by Crippen LogP contribution is -2.24. The lowest BCUT2D eigenvalue weighted by Gasteiger charge is -2.19. The van der Waals surface area contributed by atoms with E-state index in [1.807, 2.05) is 12.1 Å². The molecule has 2 rings (SSSR count). The van der Waals surface area contributed by atoms with E-state index >= 15 is 0 Å². The summed E-state index contributed by atoms with van der Waals surface area (Å²) >= 11 is 6.15. The molecule has 0 saturated heterocycles. The zero-order valence-corrected chi connectivity index (χ0v) is 13.5. The summed E-state index contributed by atoms with van der Waals surface area (Å²) in [7, 11) is 1.70. The van der Waals surface area contributed by atoms with Gasteiger partial charge in [-0.15, -0.1) is 0 Å². The second kappa shape index (κ2) is 7.53. The van der Waals surface area contributed by atoms with Gasteiger partial charge in [0.05, 0.1) is 13.4 Å². The van der Waals surface area contributed by atoms with E-state index in [-0.39, 0.29) is 6.04 Å². The minimum atomic E-state index is 0.117. The highest BCUT2D eigenvalue weighted by molar-refractivity contribution is 6.29. The van der Waals surface area contributed by atoms with Crippen molar-refractivity contribution in [3.63, 3.8) is 0 Å². The molecule has 0 bridgehead atoms. The summed E-state index contributed by atoms with van der Waals surface area (Å²) in [5.41, 5.74) is 3.38. The fraction of sp³-hybridized carbons (Fsp3) is 0.412. The van der Waals surface area contributed by atoms with Crippen molar-refractivity contribution >= 4 is 11.6 Å². The fourth-order valence-corrected chi connectivity index (χ4v) is 2.70. The summed E-state index contributed by atoms with van der Waals surface area (Å²) in [6.45, 7) is 5.16. The van der Waals surface area contributed by atoms with Gasteiger partial charge in [-0.1, -0.05) is 24.6 Å². The molecule has 3 nitrogen and oxygen atoms in total. The second-order valence-electron chi connectivity index (χ2n) is 5.18. The van der Waals surface area contributed by atoms with Gasteiger partial charge in [-0.25, -0.2) is 0 Å². The van der Waals surface area contributed by atoms with Crippen LogP contribution >= 0.6 is 11.6 Å². The van der Waals surface area contributed by atoms with E-state index in [1.54, 1.807) is 13.4 Å². The summed E-state index contributed by atoms with van der Waals surface area (Å²) in [6.07, 6.45) is 3.51. The predicted octanol–water partition coefficient (Wildman–Crippen LogP) is 4.53. The van der Waals surface area contributed by atoms with Crippen LogP contribution in [0.5, 0.6) is 5.75 Å². The zero-order chi connectivity index (χ0) is 15.2. The monoisotopic (exact) mass is 307 g/mol. The number of hydrogen-bond acceptors (Lipinski definition) is 3. The van der Waals surface area contributed by atoms with Crippen molar-refractivity contribution in [2.24, 2.45) is 0 Å².